The van der Waals surface area contributed by atoms with Crippen LogP contribution in [0.25, 0.3) is 11.0 Å². The van der Waals surface area contributed by atoms with Gasteiger partial charge in [-0.2, -0.15) is 0 Å². The van der Waals surface area contributed by atoms with E-state index in [2.05, 4.69) is 9.97 Å². The van der Waals surface area contributed by atoms with Crippen molar-refractivity contribution in [2.24, 2.45) is 0 Å². The van der Waals surface area contributed by atoms with Crippen LogP contribution in [0.1, 0.15) is 0 Å². The van der Waals surface area contributed by atoms with E-state index in [0.717, 1.165) is 11.0 Å². The summed E-state index contributed by atoms with van der Waals surface area (Å²) in [5, 5.41) is 0.383. The lowest BCUT2D eigenvalue weighted by Gasteiger charge is -2.19. The smallest absolute Gasteiger partial charge is 0.264 e. The van der Waals surface area contributed by atoms with Crippen molar-refractivity contribution >= 4 is 38.3 Å². The fourth-order valence-corrected chi connectivity index (χ4v) is 3.53. The minimum Gasteiger partial charge on any atom is -0.345 e. The molecule has 0 amide bonds. The summed E-state index contributed by atoms with van der Waals surface area (Å²) in [7, 11) is -2.14. The van der Waals surface area contributed by atoms with Crippen molar-refractivity contribution in [3.63, 3.8) is 0 Å². The Morgan fingerprint density at radius 3 is 2.76 bits per heavy atom. The first-order valence-electron chi connectivity index (χ1n) is 6.16. The number of nitrogens with one attached hydrogen (secondary N) is 1. The van der Waals surface area contributed by atoms with Crippen molar-refractivity contribution in [1.29, 1.82) is 0 Å². The molecule has 0 fully saturated rings. The van der Waals surface area contributed by atoms with Crippen molar-refractivity contribution in [3.8, 4) is 0 Å². The predicted octanol–water partition coefficient (Wildman–Crippen LogP) is 3.04. The third-order valence-electron chi connectivity index (χ3n) is 3.22. The lowest BCUT2D eigenvalue weighted by atomic mass is 10.3. The summed E-state index contributed by atoms with van der Waals surface area (Å²) in [4.78, 5) is 7.23. The van der Waals surface area contributed by atoms with Gasteiger partial charge in [0.1, 0.15) is 0 Å². The van der Waals surface area contributed by atoms with Crippen molar-refractivity contribution in [2.45, 2.75) is 4.90 Å². The maximum absolute atomic E-state index is 12.6. The molecular formula is C14H12ClN3O2S. The molecule has 21 heavy (non-hydrogen) atoms. The van der Waals surface area contributed by atoms with Gasteiger partial charge in [-0.15, -0.1) is 0 Å². The fraction of sp³-hybridized carbons (Fsp3) is 0.0714. The summed E-state index contributed by atoms with van der Waals surface area (Å²) in [6.07, 6.45) is 1.57. The van der Waals surface area contributed by atoms with Crippen LogP contribution >= 0.6 is 11.6 Å². The molecule has 2 aromatic carbocycles. The first kappa shape index (κ1) is 13.9. The number of hydrogen-bond acceptors (Lipinski definition) is 3. The number of rotatable bonds is 3. The highest BCUT2D eigenvalue weighted by Crippen LogP contribution is 2.25. The van der Waals surface area contributed by atoms with Crippen LogP contribution in [0.15, 0.2) is 53.7 Å². The summed E-state index contributed by atoms with van der Waals surface area (Å²) in [5.74, 6) is 0. The van der Waals surface area contributed by atoms with Crippen LogP contribution in [-0.2, 0) is 10.0 Å². The van der Waals surface area contributed by atoms with E-state index in [-0.39, 0.29) is 4.90 Å². The number of aromatic amines is 1. The molecule has 0 aliphatic heterocycles. The van der Waals surface area contributed by atoms with Crippen LogP contribution in [-0.4, -0.2) is 25.4 Å². The second-order valence-electron chi connectivity index (χ2n) is 4.53. The Hall–Kier alpha value is -2.05. The molecule has 3 rings (SSSR count). The summed E-state index contributed by atoms with van der Waals surface area (Å²) in [5.41, 5.74) is 2.11. The van der Waals surface area contributed by atoms with Crippen molar-refractivity contribution in [1.82, 2.24) is 9.97 Å². The van der Waals surface area contributed by atoms with Crippen LogP contribution in [0.2, 0.25) is 5.02 Å². The summed E-state index contributed by atoms with van der Waals surface area (Å²) < 4.78 is 26.4. The number of benzene rings is 2. The minimum absolute atomic E-state index is 0.155. The fourth-order valence-electron chi connectivity index (χ4n) is 2.04. The maximum Gasteiger partial charge on any atom is 0.264 e. The van der Waals surface area contributed by atoms with Gasteiger partial charge in [0.2, 0.25) is 0 Å². The second kappa shape index (κ2) is 5.05. The molecule has 0 atom stereocenters. The molecule has 3 aromatic rings. The van der Waals surface area contributed by atoms with Crippen LogP contribution in [0.3, 0.4) is 0 Å². The van der Waals surface area contributed by atoms with Gasteiger partial charge in [-0.1, -0.05) is 17.7 Å². The van der Waals surface area contributed by atoms with Gasteiger partial charge in [-0.05, 0) is 36.4 Å². The number of aromatic nitrogens is 2. The highest BCUT2D eigenvalue weighted by molar-refractivity contribution is 7.92. The zero-order valence-corrected chi connectivity index (χ0v) is 12.7. The van der Waals surface area contributed by atoms with E-state index in [9.17, 15) is 8.42 Å². The lowest BCUT2D eigenvalue weighted by molar-refractivity contribution is 0.594. The standard InChI is InChI=1S/C14H12ClN3O2S/c1-18(11-5-6-13-14(8-11)17-9-16-13)21(19,20)12-4-2-3-10(15)7-12/h2-9H,1H3,(H,16,17). The lowest BCUT2D eigenvalue weighted by Crippen LogP contribution is -2.26. The van der Waals surface area contributed by atoms with Gasteiger partial charge < -0.3 is 4.98 Å². The van der Waals surface area contributed by atoms with E-state index in [1.54, 1.807) is 36.7 Å². The minimum atomic E-state index is -3.65. The predicted molar refractivity (Wildman–Crippen MR) is 83.1 cm³/mol. The topological polar surface area (TPSA) is 66.1 Å². The third-order valence-corrected chi connectivity index (χ3v) is 5.24. The number of sulfonamides is 1. The Morgan fingerprint density at radius 2 is 2.00 bits per heavy atom. The number of fused-ring (bicyclic) bond motifs is 1. The maximum atomic E-state index is 12.6. The molecule has 0 aliphatic carbocycles. The quantitative estimate of drug-likeness (QED) is 0.806. The van der Waals surface area contributed by atoms with Gasteiger partial charge in [0, 0.05) is 12.1 Å². The van der Waals surface area contributed by atoms with Crippen molar-refractivity contribution in [3.05, 3.63) is 53.8 Å². The van der Waals surface area contributed by atoms with E-state index in [1.807, 2.05) is 0 Å². The third kappa shape index (κ3) is 2.48. The molecule has 1 heterocycles. The molecule has 1 N–H and O–H groups in total. The van der Waals surface area contributed by atoms with Gasteiger partial charge in [-0.3, -0.25) is 4.31 Å². The van der Waals surface area contributed by atoms with E-state index in [0.29, 0.717) is 10.7 Å². The Kier molecular flexibility index (Phi) is 3.35. The summed E-state index contributed by atoms with van der Waals surface area (Å²) >= 11 is 5.87. The van der Waals surface area contributed by atoms with Gasteiger partial charge in [0.25, 0.3) is 10.0 Å². The van der Waals surface area contributed by atoms with Gasteiger partial charge in [0.15, 0.2) is 0 Å². The van der Waals surface area contributed by atoms with E-state index in [4.69, 9.17) is 11.6 Å². The van der Waals surface area contributed by atoms with Crippen LogP contribution < -0.4 is 4.31 Å². The molecular weight excluding hydrogens is 310 g/mol. The van der Waals surface area contributed by atoms with E-state index < -0.39 is 10.0 Å². The molecule has 108 valence electrons. The SMILES string of the molecule is CN(c1ccc2nc[nH]c2c1)S(=O)(=O)c1cccc(Cl)c1. The molecule has 0 aliphatic rings. The molecule has 0 spiro atoms. The average molecular weight is 322 g/mol. The Balaban J connectivity index is 2.05. The number of nitrogens with zero attached hydrogens (tertiary/aromatic N) is 2. The molecule has 0 radical (unpaired) electrons. The normalized spacial score (nSPS) is 11.7. The van der Waals surface area contributed by atoms with Crippen LogP contribution in [0.4, 0.5) is 5.69 Å². The highest BCUT2D eigenvalue weighted by atomic mass is 35.5. The first-order chi connectivity index (χ1) is 9.98. The average Bonchev–Trinajstić information content (AvgIpc) is 2.93. The molecule has 0 bridgehead atoms. The van der Waals surface area contributed by atoms with E-state index >= 15 is 0 Å². The Morgan fingerprint density at radius 1 is 1.19 bits per heavy atom. The summed E-state index contributed by atoms with van der Waals surface area (Å²) in [6, 6.07) is 11.4. The van der Waals surface area contributed by atoms with Crippen LogP contribution in [0.5, 0.6) is 0 Å². The number of anilines is 1. The Labute approximate surface area is 127 Å². The first-order valence-corrected chi connectivity index (χ1v) is 7.98. The monoisotopic (exact) mass is 321 g/mol. The molecule has 0 saturated heterocycles. The zero-order valence-electron chi connectivity index (χ0n) is 11.1. The second-order valence-corrected chi connectivity index (χ2v) is 6.94. The number of imidazole rings is 1. The molecule has 0 saturated carbocycles. The highest BCUT2D eigenvalue weighted by Gasteiger charge is 2.21. The largest absolute Gasteiger partial charge is 0.345 e. The summed E-state index contributed by atoms with van der Waals surface area (Å²) in [6.45, 7) is 0. The molecule has 7 heteroatoms. The number of H-pyrrole nitrogens is 1. The van der Waals surface area contributed by atoms with E-state index in [1.165, 1.54) is 23.5 Å². The number of hydrogen-bond donors (Lipinski definition) is 1. The van der Waals surface area contributed by atoms with Gasteiger partial charge >= 0.3 is 0 Å². The van der Waals surface area contributed by atoms with Crippen molar-refractivity contribution < 1.29 is 8.42 Å². The van der Waals surface area contributed by atoms with Gasteiger partial charge in [0.05, 0.1) is 27.9 Å². The molecule has 1 aromatic heterocycles. The van der Waals surface area contributed by atoms with Crippen LogP contribution in [0, 0.1) is 0 Å². The molecule has 0 unspecified atom stereocenters. The zero-order chi connectivity index (χ0) is 15.0. The van der Waals surface area contributed by atoms with Gasteiger partial charge in [-0.25, -0.2) is 13.4 Å². The van der Waals surface area contributed by atoms with Crippen molar-refractivity contribution in [2.75, 3.05) is 11.4 Å². The number of halogens is 1. The molecule has 5 nitrogen and oxygen atoms in total. The Bertz CT molecular complexity index is 905.